The lowest BCUT2D eigenvalue weighted by atomic mass is 10.1. The molecule has 0 bridgehead atoms. The molecule has 0 aliphatic rings. The van der Waals surface area contributed by atoms with Crippen molar-refractivity contribution in [3.8, 4) is 0 Å². The largest absolute Gasteiger partial charge is 0.481 e. The van der Waals surface area contributed by atoms with Gasteiger partial charge in [0.15, 0.2) is 0 Å². The molecule has 200 valence electrons. The van der Waals surface area contributed by atoms with E-state index in [0.717, 1.165) is 96.6 Å². The number of carbonyl (C=O) groups is 3. The van der Waals surface area contributed by atoms with Gasteiger partial charge in [-0.2, -0.15) is 0 Å². The second-order valence-corrected chi connectivity index (χ2v) is 8.89. The van der Waals surface area contributed by atoms with Gasteiger partial charge in [0.05, 0.1) is 32.7 Å². The quantitative estimate of drug-likeness (QED) is 0.141. The molecule has 0 rings (SSSR count). The van der Waals surface area contributed by atoms with Crippen molar-refractivity contribution in [3.63, 3.8) is 0 Å². The van der Waals surface area contributed by atoms with E-state index in [1.54, 1.807) is 0 Å². The Kier molecular flexibility index (Phi) is 23.3. The zero-order chi connectivity index (χ0) is 25.3. The Labute approximate surface area is 206 Å². The normalized spacial score (nSPS) is 11.0. The van der Waals surface area contributed by atoms with Crippen LogP contribution in [0.25, 0.3) is 0 Å². The van der Waals surface area contributed by atoms with Crippen LogP contribution in [0.1, 0.15) is 110 Å². The van der Waals surface area contributed by atoms with E-state index in [0.29, 0.717) is 19.8 Å². The first-order valence-electron chi connectivity index (χ1n) is 13.4. The highest BCUT2D eigenvalue weighted by atomic mass is 16.5. The molecule has 0 saturated carbocycles. The number of hydrogen-bond acceptors (Lipinski definition) is 7. The Morgan fingerprint density at radius 1 is 0.618 bits per heavy atom. The molecule has 8 nitrogen and oxygen atoms in total. The molecule has 0 aliphatic heterocycles. The van der Waals surface area contributed by atoms with Crippen molar-refractivity contribution in [3.05, 3.63) is 0 Å². The molecule has 0 heterocycles. The third-order valence-corrected chi connectivity index (χ3v) is 5.71. The minimum Gasteiger partial charge on any atom is -0.481 e. The zero-order valence-electron chi connectivity index (χ0n) is 21.4. The van der Waals surface area contributed by atoms with E-state index in [4.69, 9.17) is 14.6 Å². The number of rotatable bonds is 25. The smallest absolute Gasteiger partial charge is 0.306 e. The van der Waals surface area contributed by atoms with Crippen molar-refractivity contribution >= 4 is 17.9 Å². The number of carbonyl (C=O) groups excluding carboxylic acids is 2. The number of nitrogens with zero attached hydrogens (tertiary/aromatic N) is 1. The van der Waals surface area contributed by atoms with Crippen molar-refractivity contribution < 1.29 is 34.1 Å². The lowest BCUT2D eigenvalue weighted by Crippen LogP contribution is -2.29. The molecular weight excluding hydrogens is 438 g/mol. The van der Waals surface area contributed by atoms with Gasteiger partial charge in [-0.25, -0.2) is 0 Å². The summed E-state index contributed by atoms with van der Waals surface area (Å²) in [5.74, 6) is -1.41. The second kappa shape index (κ2) is 24.5. The van der Waals surface area contributed by atoms with Gasteiger partial charge in [-0.05, 0) is 45.2 Å². The van der Waals surface area contributed by atoms with Crippen LogP contribution in [0.15, 0.2) is 0 Å². The summed E-state index contributed by atoms with van der Waals surface area (Å²) in [6, 6.07) is 0. The Morgan fingerprint density at radius 3 is 1.59 bits per heavy atom. The molecule has 0 spiro atoms. The molecule has 0 aromatic carbocycles. The van der Waals surface area contributed by atoms with Crippen molar-refractivity contribution in [1.29, 1.82) is 0 Å². The molecule has 0 saturated heterocycles. The molecule has 0 atom stereocenters. The number of hydrogen-bond donors (Lipinski definition) is 2. The fourth-order valence-electron chi connectivity index (χ4n) is 3.66. The molecular formula is C26H49NO7. The lowest BCUT2D eigenvalue weighted by molar-refractivity contribution is -0.150. The number of esters is 2. The van der Waals surface area contributed by atoms with Gasteiger partial charge in [0.2, 0.25) is 0 Å². The lowest BCUT2D eigenvalue weighted by Gasteiger charge is -2.21. The van der Waals surface area contributed by atoms with Crippen LogP contribution in [0.2, 0.25) is 0 Å². The molecule has 2 N–H and O–H groups in total. The summed E-state index contributed by atoms with van der Waals surface area (Å²) >= 11 is 0. The average Bonchev–Trinajstić information content (AvgIpc) is 2.81. The fourth-order valence-corrected chi connectivity index (χ4v) is 3.66. The Bertz CT molecular complexity index is 513. The molecule has 0 aromatic rings. The number of carboxylic acid groups (broad SMARTS) is 1. The van der Waals surface area contributed by atoms with Crippen molar-refractivity contribution in [2.45, 2.75) is 110 Å². The van der Waals surface area contributed by atoms with Crippen molar-refractivity contribution in [1.82, 2.24) is 4.90 Å². The van der Waals surface area contributed by atoms with E-state index in [2.05, 4.69) is 11.8 Å². The number of ether oxygens (including phenoxy) is 2. The maximum atomic E-state index is 11.7. The van der Waals surface area contributed by atoms with Gasteiger partial charge in [-0.3, -0.25) is 14.4 Å². The number of aliphatic hydroxyl groups excluding tert-OH is 1. The van der Waals surface area contributed by atoms with E-state index in [9.17, 15) is 19.5 Å². The summed E-state index contributed by atoms with van der Waals surface area (Å²) < 4.78 is 10.3. The molecule has 34 heavy (non-hydrogen) atoms. The topological polar surface area (TPSA) is 113 Å². The first-order valence-corrected chi connectivity index (χ1v) is 13.4. The van der Waals surface area contributed by atoms with Gasteiger partial charge in [-0.1, -0.05) is 58.3 Å². The third kappa shape index (κ3) is 23.5. The minimum atomic E-state index is -0.724. The Morgan fingerprint density at radius 2 is 1.09 bits per heavy atom. The summed E-state index contributed by atoms with van der Waals surface area (Å²) in [5, 5.41) is 17.9. The van der Waals surface area contributed by atoms with Crippen LogP contribution in [-0.4, -0.2) is 72.5 Å². The number of unbranched alkanes of at least 4 members (excludes halogenated alkanes) is 10. The SMILES string of the molecule is CCCCCCOC(=O)CCC(=O)OCCCCCCN(CCO)CCCCCCCC(=O)O. The predicted molar refractivity (Wildman–Crippen MR) is 133 cm³/mol. The van der Waals surface area contributed by atoms with Gasteiger partial charge >= 0.3 is 17.9 Å². The third-order valence-electron chi connectivity index (χ3n) is 5.71. The highest BCUT2D eigenvalue weighted by Gasteiger charge is 2.09. The van der Waals surface area contributed by atoms with Crippen molar-refractivity contribution in [2.75, 3.05) is 39.5 Å². The number of aliphatic carboxylic acids is 1. The molecule has 0 radical (unpaired) electrons. The molecule has 0 fully saturated rings. The van der Waals surface area contributed by atoms with Crippen LogP contribution in [0.5, 0.6) is 0 Å². The van der Waals surface area contributed by atoms with E-state index in [1.807, 2.05) is 0 Å². The predicted octanol–water partition coefficient (Wildman–Crippen LogP) is 4.71. The minimum absolute atomic E-state index is 0.0729. The van der Waals surface area contributed by atoms with Gasteiger partial charge in [0.25, 0.3) is 0 Å². The molecule has 0 amide bonds. The van der Waals surface area contributed by atoms with Gasteiger partial charge in [0.1, 0.15) is 0 Å². The monoisotopic (exact) mass is 487 g/mol. The van der Waals surface area contributed by atoms with E-state index in [1.165, 1.54) is 0 Å². The van der Waals surface area contributed by atoms with Crippen molar-refractivity contribution in [2.24, 2.45) is 0 Å². The first kappa shape index (κ1) is 32.3. The molecule has 8 heteroatoms. The van der Waals surface area contributed by atoms with Crippen LogP contribution < -0.4 is 0 Å². The van der Waals surface area contributed by atoms with E-state index in [-0.39, 0.29) is 37.8 Å². The van der Waals surface area contributed by atoms with E-state index < -0.39 is 5.97 Å². The number of carboxylic acids is 1. The first-order chi connectivity index (χ1) is 16.5. The summed E-state index contributed by atoms with van der Waals surface area (Å²) in [7, 11) is 0. The van der Waals surface area contributed by atoms with Crippen LogP contribution in [0, 0.1) is 0 Å². The maximum Gasteiger partial charge on any atom is 0.306 e. The molecule has 0 unspecified atom stereocenters. The summed E-state index contributed by atoms with van der Waals surface area (Å²) in [5.41, 5.74) is 0. The fraction of sp³-hybridized carbons (Fsp3) is 0.885. The van der Waals surface area contributed by atoms with Crippen LogP contribution in [0.3, 0.4) is 0 Å². The standard InChI is InChI=1S/C26H49NO7/c1-2-3-4-13-22-33-25(31)16-17-26(32)34-23-14-9-8-12-19-27(20-21-28)18-11-7-5-6-10-15-24(29)30/h28H,2-23H2,1H3,(H,29,30). The highest BCUT2D eigenvalue weighted by molar-refractivity contribution is 5.77. The Balaban J connectivity index is 3.61. The average molecular weight is 488 g/mol. The molecule has 0 aliphatic carbocycles. The Hall–Kier alpha value is -1.67. The number of aliphatic hydroxyl groups is 1. The van der Waals surface area contributed by atoms with Gasteiger partial charge < -0.3 is 24.6 Å². The van der Waals surface area contributed by atoms with Crippen LogP contribution >= 0.6 is 0 Å². The van der Waals surface area contributed by atoms with Gasteiger partial charge in [0, 0.05) is 13.0 Å². The summed E-state index contributed by atoms with van der Waals surface area (Å²) in [6.07, 6.45) is 13.4. The van der Waals surface area contributed by atoms with Gasteiger partial charge in [-0.15, -0.1) is 0 Å². The second-order valence-electron chi connectivity index (χ2n) is 8.89. The summed E-state index contributed by atoms with van der Waals surface area (Å²) in [6.45, 7) is 5.67. The van der Waals surface area contributed by atoms with Crippen LogP contribution in [-0.2, 0) is 23.9 Å². The maximum absolute atomic E-state index is 11.7. The zero-order valence-corrected chi connectivity index (χ0v) is 21.4. The van der Waals surface area contributed by atoms with Crippen LogP contribution in [0.4, 0.5) is 0 Å². The highest BCUT2D eigenvalue weighted by Crippen LogP contribution is 2.08. The van der Waals surface area contributed by atoms with E-state index >= 15 is 0 Å². The molecule has 0 aromatic heterocycles. The summed E-state index contributed by atoms with van der Waals surface area (Å²) in [4.78, 5) is 36.1.